The molecule has 0 spiro atoms. The van der Waals surface area contributed by atoms with Crippen LogP contribution in [-0.4, -0.2) is 65.3 Å². The van der Waals surface area contributed by atoms with E-state index < -0.39 is 60.4 Å². The van der Waals surface area contributed by atoms with Gasteiger partial charge in [-0.15, -0.1) is 0 Å². The molecular formula is C36H41N5O9. The summed E-state index contributed by atoms with van der Waals surface area (Å²) in [6, 6.07) is 10.9. The van der Waals surface area contributed by atoms with Crippen LogP contribution >= 0.6 is 0 Å². The molecule has 0 radical (unpaired) electrons. The highest BCUT2D eigenvalue weighted by atomic mass is 16.5. The number of urea groups is 1. The summed E-state index contributed by atoms with van der Waals surface area (Å²) < 4.78 is 18.0. The third-order valence-corrected chi connectivity index (χ3v) is 7.79. The first-order valence-electron chi connectivity index (χ1n) is 16.5. The van der Waals surface area contributed by atoms with Crippen LogP contribution in [-0.2, 0) is 46.5 Å². The van der Waals surface area contributed by atoms with Gasteiger partial charge in [-0.3, -0.25) is 33.7 Å². The first-order chi connectivity index (χ1) is 24.2. The number of hydrogen-bond donors (Lipinski definition) is 3. The van der Waals surface area contributed by atoms with Gasteiger partial charge in [0, 0.05) is 33.1 Å². The molecule has 5 amide bonds. The number of carbonyl (C=O) groups excluding carboxylic acids is 7. The number of esters is 1. The largest absolute Gasteiger partial charge is 0.461 e. The molecule has 0 bridgehead atoms. The van der Waals surface area contributed by atoms with Crippen molar-refractivity contribution >= 4 is 47.0 Å². The first kappa shape index (κ1) is 37.0. The van der Waals surface area contributed by atoms with Crippen molar-refractivity contribution in [3.63, 3.8) is 0 Å². The standard InChI is InChI=1S/C36H41N5O9/c1-5-33(45)49-21-24-10-8-23(9-11-24)17-30(43)29(7-6-16-39-36(37)48)40-34(46)28(22(2)3)18-26(42)20-41-32(44)19-31(35(41)47)50-27-14-12-25(38-4)13-15-27/h8-15,19,22,28-29H,5-7,16-18,20-21H2,1-3H3,(H,40,46)(H3,37,39,48)/t28-,29-/m0/s1/i5T/t5?,28-,29-. The van der Waals surface area contributed by atoms with Gasteiger partial charge in [-0.1, -0.05) is 57.2 Å². The average molecular weight is 690 g/mol. The Morgan fingerprint density at radius 3 is 2.28 bits per heavy atom. The number of benzene rings is 2. The van der Waals surface area contributed by atoms with Gasteiger partial charge in [-0.25, -0.2) is 9.64 Å². The second kappa shape index (κ2) is 18.6. The number of nitrogens with one attached hydrogen (secondary N) is 2. The van der Waals surface area contributed by atoms with E-state index in [1.54, 1.807) is 38.1 Å². The van der Waals surface area contributed by atoms with Crippen molar-refractivity contribution in [3.05, 3.63) is 82.9 Å². The predicted octanol–water partition coefficient (Wildman–Crippen LogP) is 3.30. The summed E-state index contributed by atoms with van der Waals surface area (Å²) in [5.41, 5.74) is 6.80. The van der Waals surface area contributed by atoms with E-state index in [1.165, 1.54) is 31.2 Å². The Bertz CT molecular complexity index is 1700. The van der Waals surface area contributed by atoms with Crippen LogP contribution in [0.15, 0.2) is 60.4 Å². The van der Waals surface area contributed by atoms with E-state index in [2.05, 4.69) is 15.5 Å². The van der Waals surface area contributed by atoms with Crippen LogP contribution in [0.4, 0.5) is 10.5 Å². The van der Waals surface area contributed by atoms with Crippen LogP contribution in [0.2, 0.25) is 0 Å². The van der Waals surface area contributed by atoms with E-state index in [-0.39, 0.29) is 55.6 Å². The summed E-state index contributed by atoms with van der Waals surface area (Å²) >= 11 is 0. The first-order valence-corrected chi connectivity index (χ1v) is 16.0. The van der Waals surface area contributed by atoms with Crippen LogP contribution in [0, 0.1) is 18.4 Å². The van der Waals surface area contributed by atoms with E-state index in [4.69, 9.17) is 23.2 Å². The number of amides is 5. The molecule has 14 heteroatoms. The minimum atomic E-state index is -1.01. The molecule has 3 atom stereocenters. The minimum Gasteiger partial charge on any atom is -0.461 e. The zero-order valence-corrected chi connectivity index (χ0v) is 28.1. The Morgan fingerprint density at radius 1 is 1.02 bits per heavy atom. The van der Waals surface area contributed by atoms with Crippen molar-refractivity contribution in [2.24, 2.45) is 17.6 Å². The monoisotopic (exact) mass is 689 g/mol. The number of carbonyl (C=O) groups is 7. The van der Waals surface area contributed by atoms with E-state index >= 15 is 0 Å². The number of ether oxygens (including phenoxy) is 2. The lowest BCUT2D eigenvalue weighted by atomic mass is 9.88. The molecule has 0 saturated heterocycles. The lowest BCUT2D eigenvalue weighted by molar-refractivity contribution is -0.144. The molecule has 2 aromatic carbocycles. The normalized spacial score (nSPS) is 14.5. The number of primary amides is 1. The number of rotatable bonds is 19. The third-order valence-electron chi connectivity index (χ3n) is 7.79. The Labute approximate surface area is 291 Å². The summed E-state index contributed by atoms with van der Waals surface area (Å²) in [6.45, 7) is 11.4. The van der Waals surface area contributed by atoms with Crippen LogP contribution < -0.4 is 21.1 Å². The third kappa shape index (κ3) is 11.7. The molecular weight excluding hydrogens is 646 g/mol. The van der Waals surface area contributed by atoms with Crippen LogP contribution in [0.5, 0.6) is 5.75 Å². The Balaban J connectivity index is 1.64. The molecule has 14 nitrogen and oxygen atoms in total. The van der Waals surface area contributed by atoms with E-state index in [1.807, 2.05) is 0 Å². The molecule has 1 aliphatic rings. The van der Waals surface area contributed by atoms with Gasteiger partial charge in [-0.05, 0) is 42.0 Å². The Hall–Kier alpha value is -5.84. The van der Waals surface area contributed by atoms with Gasteiger partial charge in [0.25, 0.3) is 11.8 Å². The summed E-state index contributed by atoms with van der Waals surface area (Å²) in [5, 5.41) is 5.21. The molecule has 0 aromatic heterocycles. The summed E-state index contributed by atoms with van der Waals surface area (Å²) in [5.74, 6) is -5.00. The summed E-state index contributed by atoms with van der Waals surface area (Å²) in [6.07, 6.45) is 0.0653. The Kier molecular flexibility index (Phi) is 13.8. The molecule has 2 aromatic rings. The van der Waals surface area contributed by atoms with Crippen molar-refractivity contribution in [2.45, 2.75) is 65.5 Å². The second-order valence-electron chi connectivity index (χ2n) is 11.9. The van der Waals surface area contributed by atoms with Gasteiger partial charge in [-0.2, -0.15) is 0 Å². The smallest absolute Gasteiger partial charge is 0.312 e. The predicted molar refractivity (Wildman–Crippen MR) is 180 cm³/mol. The summed E-state index contributed by atoms with van der Waals surface area (Å²) in [7, 11) is 0. The lowest BCUT2D eigenvalue weighted by Crippen LogP contribution is -2.46. The number of imide groups is 1. The topological polar surface area (TPSA) is 196 Å². The maximum atomic E-state index is 13.6. The quantitative estimate of drug-likeness (QED) is 0.0858. The van der Waals surface area contributed by atoms with Gasteiger partial charge in [0.1, 0.15) is 12.4 Å². The SMILES string of the molecule is [3H]C(C)C(=O)OCc1ccc(CC(=O)[C@H](CCCNC(N)=O)NC(=O)[C@@H](CC(=O)CN2C(=O)C=C(Oc3ccc([N+]#[C-])cc3)C2=O)C(C)C)cc1. The van der Waals surface area contributed by atoms with Gasteiger partial charge in [0.15, 0.2) is 23.0 Å². The summed E-state index contributed by atoms with van der Waals surface area (Å²) in [4.78, 5) is 92.4. The maximum absolute atomic E-state index is 13.6. The van der Waals surface area contributed by atoms with Gasteiger partial charge >= 0.3 is 12.0 Å². The zero-order chi connectivity index (χ0) is 37.7. The van der Waals surface area contributed by atoms with Gasteiger partial charge in [0.2, 0.25) is 5.91 Å². The van der Waals surface area contributed by atoms with E-state index in [0.717, 1.165) is 11.0 Å². The molecule has 1 heterocycles. The van der Waals surface area contributed by atoms with E-state index in [0.29, 0.717) is 23.2 Å². The number of Topliss-reactive ketones (excluding diaryl/α,β-unsaturated/α-hetero) is 2. The molecule has 50 heavy (non-hydrogen) atoms. The molecule has 0 saturated carbocycles. The zero-order valence-electron chi connectivity index (χ0n) is 29.1. The minimum absolute atomic E-state index is 0.0257. The molecule has 264 valence electrons. The highest BCUT2D eigenvalue weighted by molar-refractivity contribution is 6.16. The highest BCUT2D eigenvalue weighted by Gasteiger charge is 2.36. The van der Waals surface area contributed by atoms with Crippen LogP contribution in [0.1, 0.15) is 58.9 Å². The van der Waals surface area contributed by atoms with Crippen molar-refractivity contribution in [3.8, 4) is 5.75 Å². The Morgan fingerprint density at radius 2 is 1.68 bits per heavy atom. The maximum Gasteiger partial charge on any atom is 0.312 e. The molecule has 0 aliphatic carbocycles. The molecule has 1 unspecified atom stereocenters. The fourth-order valence-electron chi connectivity index (χ4n) is 4.97. The number of hydrogen-bond acceptors (Lipinski definition) is 9. The fourth-order valence-corrected chi connectivity index (χ4v) is 4.97. The molecule has 3 rings (SSSR count). The molecule has 4 N–H and O–H groups in total. The van der Waals surface area contributed by atoms with Crippen molar-refractivity contribution in [1.29, 1.82) is 0 Å². The molecule has 0 fully saturated rings. The second-order valence-corrected chi connectivity index (χ2v) is 11.9. The van der Waals surface area contributed by atoms with Crippen molar-refractivity contribution in [2.75, 3.05) is 13.1 Å². The highest BCUT2D eigenvalue weighted by Crippen LogP contribution is 2.24. The number of ketones is 2. The van der Waals surface area contributed by atoms with Gasteiger partial charge < -0.3 is 25.8 Å². The molecule has 1 aliphatic heterocycles. The fraction of sp³-hybridized carbons (Fsp3) is 0.389. The van der Waals surface area contributed by atoms with Crippen molar-refractivity contribution in [1.82, 2.24) is 15.5 Å². The number of nitrogens with two attached hydrogens (primary N) is 1. The van der Waals surface area contributed by atoms with E-state index in [9.17, 15) is 33.6 Å². The lowest BCUT2D eigenvalue weighted by Gasteiger charge is -2.25. The van der Waals surface area contributed by atoms with Crippen LogP contribution in [0.3, 0.4) is 0 Å². The van der Waals surface area contributed by atoms with Crippen LogP contribution in [0.25, 0.3) is 4.85 Å². The van der Waals surface area contributed by atoms with Gasteiger partial charge in [0.05, 0.1) is 25.2 Å². The number of nitrogens with zero attached hydrogens (tertiary/aromatic N) is 2. The average Bonchev–Trinajstić information content (AvgIpc) is 3.34. The van der Waals surface area contributed by atoms with Crippen molar-refractivity contribution < 1.29 is 44.4 Å².